The van der Waals surface area contributed by atoms with E-state index >= 15 is 0 Å². The average molecular weight is 381 g/mol. The van der Waals surface area contributed by atoms with E-state index in [0.717, 1.165) is 42.7 Å². The number of benzene rings is 1. The highest BCUT2D eigenvalue weighted by atomic mass is 16.5. The van der Waals surface area contributed by atoms with Crippen LogP contribution in [-0.4, -0.2) is 34.8 Å². The zero-order chi connectivity index (χ0) is 19.5. The molecule has 0 radical (unpaired) electrons. The molecule has 1 fully saturated rings. The second-order valence-corrected chi connectivity index (χ2v) is 7.01. The minimum atomic E-state index is -0.161. The number of carbonyl (C=O) groups excluding carboxylic acids is 1. The number of likely N-dealkylation sites (tertiary alicyclic amines) is 1. The van der Waals surface area contributed by atoms with Gasteiger partial charge in [-0.15, -0.1) is 0 Å². The maximum absolute atomic E-state index is 13.3. The lowest BCUT2D eigenvalue weighted by molar-refractivity contribution is 0.0640. The first-order valence-electron chi connectivity index (χ1n) is 9.51. The highest BCUT2D eigenvalue weighted by molar-refractivity contribution is 5.93. The van der Waals surface area contributed by atoms with Gasteiger partial charge >= 0.3 is 0 Å². The maximum Gasteiger partial charge on any atom is 0.276 e. The number of aryl methyl sites for hydroxylation is 1. The number of methoxy groups -OCH3 is 1. The minimum Gasteiger partial charge on any atom is -0.496 e. The van der Waals surface area contributed by atoms with E-state index < -0.39 is 0 Å². The third-order valence-electron chi connectivity index (χ3n) is 5.09. The van der Waals surface area contributed by atoms with E-state index in [-0.39, 0.29) is 17.6 Å². The van der Waals surface area contributed by atoms with Crippen molar-refractivity contribution in [1.82, 2.24) is 15.2 Å². The van der Waals surface area contributed by atoms with Gasteiger partial charge in [-0.25, -0.2) is 0 Å². The van der Waals surface area contributed by atoms with Crippen molar-refractivity contribution in [1.29, 1.82) is 0 Å². The van der Waals surface area contributed by atoms with Gasteiger partial charge in [-0.2, -0.15) is 0 Å². The third kappa shape index (κ3) is 3.52. The normalized spacial score (nSPS) is 17.4. The Morgan fingerprint density at radius 2 is 2.00 bits per heavy atom. The number of hydrogen-bond acceptors (Lipinski definition) is 6. The van der Waals surface area contributed by atoms with Gasteiger partial charge in [0, 0.05) is 18.7 Å². The Kier molecular flexibility index (Phi) is 5.14. The molecule has 28 heavy (non-hydrogen) atoms. The van der Waals surface area contributed by atoms with Crippen LogP contribution in [0.5, 0.6) is 5.75 Å². The van der Waals surface area contributed by atoms with Gasteiger partial charge in [-0.1, -0.05) is 35.3 Å². The summed E-state index contributed by atoms with van der Waals surface area (Å²) in [5.41, 5.74) is 1.85. The Balaban J connectivity index is 1.63. The molecule has 3 aromatic rings. The predicted molar refractivity (Wildman–Crippen MR) is 102 cm³/mol. The first kappa shape index (κ1) is 18.3. The summed E-state index contributed by atoms with van der Waals surface area (Å²) in [6.07, 6.45) is 3.92. The number of nitrogens with zero attached hydrogens (tertiary/aromatic N) is 3. The van der Waals surface area contributed by atoms with E-state index in [1.807, 2.05) is 42.2 Å². The fourth-order valence-electron chi connectivity index (χ4n) is 3.69. The molecule has 0 N–H and O–H groups in total. The van der Waals surface area contributed by atoms with Crippen molar-refractivity contribution in [2.45, 2.75) is 38.6 Å². The Labute approximate surface area is 163 Å². The summed E-state index contributed by atoms with van der Waals surface area (Å²) in [4.78, 5) is 15.1. The molecule has 7 nitrogen and oxygen atoms in total. The molecule has 1 amide bonds. The molecule has 0 unspecified atom stereocenters. The van der Waals surface area contributed by atoms with E-state index in [1.165, 1.54) is 0 Å². The van der Waals surface area contributed by atoms with Gasteiger partial charge in [0.2, 0.25) is 0 Å². The van der Waals surface area contributed by atoms with Crippen molar-refractivity contribution in [3.05, 3.63) is 53.5 Å². The van der Waals surface area contributed by atoms with Gasteiger partial charge in [-0.05, 0) is 31.9 Å². The zero-order valence-corrected chi connectivity index (χ0v) is 16.1. The summed E-state index contributed by atoms with van der Waals surface area (Å²) in [5.74, 6) is 1.73. The molecule has 1 saturated heterocycles. The number of amides is 1. The Morgan fingerprint density at radius 3 is 2.79 bits per heavy atom. The van der Waals surface area contributed by atoms with Crippen LogP contribution in [0.2, 0.25) is 0 Å². The zero-order valence-electron chi connectivity index (χ0n) is 16.1. The molecule has 146 valence electrons. The van der Waals surface area contributed by atoms with Crippen LogP contribution in [0.4, 0.5) is 0 Å². The Hall–Kier alpha value is -3.09. The van der Waals surface area contributed by atoms with Crippen molar-refractivity contribution < 1.29 is 18.6 Å². The molecule has 0 spiro atoms. The van der Waals surface area contributed by atoms with E-state index in [9.17, 15) is 4.79 Å². The molecule has 2 aromatic heterocycles. The van der Waals surface area contributed by atoms with Crippen LogP contribution >= 0.6 is 0 Å². The van der Waals surface area contributed by atoms with Gasteiger partial charge in [0.25, 0.3) is 5.91 Å². The van der Waals surface area contributed by atoms with Crippen molar-refractivity contribution >= 4 is 5.91 Å². The van der Waals surface area contributed by atoms with Gasteiger partial charge in [0.05, 0.1) is 24.4 Å². The third-order valence-corrected chi connectivity index (χ3v) is 5.09. The second kappa shape index (κ2) is 7.88. The first-order valence-corrected chi connectivity index (χ1v) is 9.51. The van der Waals surface area contributed by atoms with Crippen LogP contribution in [0.15, 0.2) is 45.4 Å². The highest BCUT2D eigenvalue weighted by Crippen LogP contribution is 2.33. The van der Waals surface area contributed by atoms with Gasteiger partial charge in [-0.3, -0.25) is 4.79 Å². The number of para-hydroxylation sites is 1. The molecule has 3 heterocycles. The fourth-order valence-corrected chi connectivity index (χ4v) is 3.69. The van der Waals surface area contributed by atoms with Crippen LogP contribution in [0.25, 0.3) is 11.3 Å². The lowest BCUT2D eigenvalue weighted by atomic mass is 10.1. The van der Waals surface area contributed by atoms with Crippen molar-refractivity contribution in [3.8, 4) is 17.1 Å². The topological polar surface area (TPSA) is 81.6 Å². The Bertz CT molecular complexity index is 962. The lowest BCUT2D eigenvalue weighted by Gasteiger charge is -2.27. The lowest BCUT2D eigenvalue weighted by Crippen LogP contribution is -2.34. The molecule has 1 aromatic carbocycles. The van der Waals surface area contributed by atoms with Crippen LogP contribution in [0.3, 0.4) is 0 Å². The van der Waals surface area contributed by atoms with Crippen LogP contribution < -0.4 is 4.74 Å². The standard InChI is InChI=1S/C21H23N3O4/c1-14-12-20(28-22-14)17-9-4-3-7-11-24(17)21(25)16-13-19(27-23-16)15-8-5-6-10-18(15)26-2/h5-6,8,10,12-13,17H,3-4,7,9,11H2,1-2H3/t17-/m0/s1. The summed E-state index contributed by atoms with van der Waals surface area (Å²) < 4.78 is 16.3. The van der Waals surface area contributed by atoms with E-state index in [4.69, 9.17) is 13.8 Å². The molecule has 7 heteroatoms. The van der Waals surface area contributed by atoms with Crippen molar-refractivity contribution in [3.63, 3.8) is 0 Å². The first-order chi connectivity index (χ1) is 13.7. The number of rotatable bonds is 4. The average Bonchev–Trinajstić information content (AvgIpc) is 3.31. The summed E-state index contributed by atoms with van der Waals surface area (Å²) in [5, 5.41) is 8.03. The van der Waals surface area contributed by atoms with Crippen LogP contribution in [-0.2, 0) is 0 Å². The number of aromatic nitrogens is 2. The van der Waals surface area contributed by atoms with Gasteiger partial charge in [0.1, 0.15) is 5.75 Å². The smallest absolute Gasteiger partial charge is 0.276 e. The quantitative estimate of drug-likeness (QED) is 0.666. The summed E-state index contributed by atoms with van der Waals surface area (Å²) in [6, 6.07) is 10.9. The minimum absolute atomic E-state index is 0.136. The van der Waals surface area contributed by atoms with Crippen molar-refractivity contribution in [2.75, 3.05) is 13.7 Å². The molecule has 1 atom stereocenters. The molecular weight excluding hydrogens is 358 g/mol. The number of carbonyl (C=O) groups is 1. The van der Waals surface area contributed by atoms with Crippen LogP contribution in [0.1, 0.15) is 53.7 Å². The molecule has 0 bridgehead atoms. The molecule has 0 saturated carbocycles. The largest absolute Gasteiger partial charge is 0.496 e. The number of hydrogen-bond donors (Lipinski definition) is 0. The monoisotopic (exact) mass is 381 g/mol. The second-order valence-electron chi connectivity index (χ2n) is 7.01. The van der Waals surface area contributed by atoms with Crippen LogP contribution in [0, 0.1) is 6.92 Å². The van der Waals surface area contributed by atoms with E-state index in [0.29, 0.717) is 18.1 Å². The number of ether oxygens (including phenoxy) is 1. The summed E-state index contributed by atoms with van der Waals surface area (Å²) in [7, 11) is 1.60. The molecule has 1 aliphatic rings. The fraction of sp³-hybridized carbons (Fsp3) is 0.381. The maximum atomic E-state index is 13.3. The molecule has 4 rings (SSSR count). The summed E-state index contributed by atoms with van der Waals surface area (Å²) >= 11 is 0. The Morgan fingerprint density at radius 1 is 1.14 bits per heavy atom. The van der Waals surface area contributed by atoms with Crippen molar-refractivity contribution in [2.24, 2.45) is 0 Å². The molecule has 1 aliphatic heterocycles. The molecular formula is C21H23N3O4. The predicted octanol–water partition coefficient (Wildman–Crippen LogP) is 4.40. The highest BCUT2D eigenvalue weighted by Gasteiger charge is 2.32. The summed E-state index contributed by atoms with van der Waals surface area (Å²) in [6.45, 7) is 2.53. The van der Waals surface area contributed by atoms with Gasteiger partial charge in [0.15, 0.2) is 17.2 Å². The SMILES string of the molecule is COc1ccccc1-c1cc(C(=O)N2CCCCC[C@H]2c2cc(C)no2)no1. The van der Waals surface area contributed by atoms with E-state index in [2.05, 4.69) is 10.3 Å². The van der Waals surface area contributed by atoms with Gasteiger partial charge < -0.3 is 18.7 Å². The van der Waals surface area contributed by atoms with E-state index in [1.54, 1.807) is 13.2 Å². The molecule has 0 aliphatic carbocycles.